The normalized spacial score (nSPS) is 18.9. The number of hydrogen-bond acceptors (Lipinski definition) is 3. The number of pyridine rings is 1. The fourth-order valence-corrected chi connectivity index (χ4v) is 2.88. The molecule has 0 saturated carbocycles. The second-order valence-corrected chi connectivity index (χ2v) is 6.15. The minimum absolute atomic E-state index is 0.0327. The van der Waals surface area contributed by atoms with Gasteiger partial charge in [-0.3, -0.25) is 4.98 Å². The zero-order valence-electron chi connectivity index (χ0n) is 14.1. The predicted molar refractivity (Wildman–Crippen MR) is 93.6 cm³/mol. The van der Waals surface area contributed by atoms with Gasteiger partial charge in [-0.05, 0) is 36.6 Å². The summed E-state index contributed by atoms with van der Waals surface area (Å²) in [7, 11) is 0. The number of ether oxygens (including phenoxy) is 1. The summed E-state index contributed by atoms with van der Waals surface area (Å²) >= 11 is 0. The van der Waals surface area contributed by atoms with Gasteiger partial charge in [-0.2, -0.15) is 0 Å². The molecule has 0 bridgehead atoms. The molecule has 5 heteroatoms. The van der Waals surface area contributed by atoms with E-state index < -0.39 is 0 Å². The summed E-state index contributed by atoms with van der Waals surface area (Å²) in [4.78, 5) is 18.4. The zero-order valence-corrected chi connectivity index (χ0v) is 14.1. The van der Waals surface area contributed by atoms with Gasteiger partial charge in [0.2, 0.25) is 0 Å². The number of benzene rings is 1. The molecule has 0 aliphatic carbocycles. The summed E-state index contributed by atoms with van der Waals surface area (Å²) in [5.41, 5.74) is 3.28. The highest BCUT2D eigenvalue weighted by molar-refractivity contribution is 5.75. The van der Waals surface area contributed by atoms with Crippen LogP contribution in [0, 0.1) is 0 Å². The number of carbonyl (C=O) groups excluding carboxylic acids is 1. The topological polar surface area (TPSA) is 54.5 Å². The lowest BCUT2D eigenvalue weighted by Gasteiger charge is -2.34. The van der Waals surface area contributed by atoms with Gasteiger partial charge in [0, 0.05) is 18.9 Å². The van der Waals surface area contributed by atoms with Crippen LogP contribution in [0.4, 0.5) is 4.79 Å². The molecule has 2 atom stereocenters. The Kier molecular flexibility index (Phi) is 5.11. The lowest BCUT2D eigenvalue weighted by atomic mass is 10.0. The van der Waals surface area contributed by atoms with Crippen molar-refractivity contribution >= 4 is 6.03 Å². The lowest BCUT2D eigenvalue weighted by molar-refractivity contribution is 0.0185. The third kappa shape index (κ3) is 3.74. The van der Waals surface area contributed by atoms with Crippen LogP contribution in [0.1, 0.15) is 25.5 Å². The van der Waals surface area contributed by atoms with E-state index in [1.807, 2.05) is 37.1 Å². The largest absolute Gasteiger partial charge is 0.377 e. The number of carbonyl (C=O) groups is 1. The average Bonchev–Trinajstić information content (AvgIpc) is 2.63. The summed E-state index contributed by atoms with van der Waals surface area (Å²) in [6, 6.07) is 12.2. The van der Waals surface area contributed by atoms with Crippen molar-refractivity contribution in [2.45, 2.75) is 25.9 Å². The van der Waals surface area contributed by atoms with Crippen LogP contribution in [0.3, 0.4) is 0 Å². The van der Waals surface area contributed by atoms with E-state index in [-0.39, 0.29) is 18.1 Å². The highest BCUT2D eigenvalue weighted by atomic mass is 16.5. The Morgan fingerprint density at radius 2 is 2.08 bits per heavy atom. The van der Waals surface area contributed by atoms with E-state index in [1.54, 1.807) is 6.20 Å². The first kappa shape index (κ1) is 16.5. The fraction of sp³-hybridized carbons (Fsp3) is 0.368. The third-order valence-electron chi connectivity index (χ3n) is 4.37. The van der Waals surface area contributed by atoms with Crippen molar-refractivity contribution in [3.63, 3.8) is 0 Å². The minimum Gasteiger partial charge on any atom is -0.377 e. The van der Waals surface area contributed by atoms with Crippen molar-refractivity contribution in [2.24, 2.45) is 0 Å². The number of rotatable bonds is 3. The highest BCUT2D eigenvalue weighted by Gasteiger charge is 2.24. The number of amides is 2. The molecule has 1 aliphatic rings. The van der Waals surface area contributed by atoms with Crippen LogP contribution in [0.2, 0.25) is 0 Å². The molecule has 0 spiro atoms. The molecule has 0 unspecified atom stereocenters. The van der Waals surface area contributed by atoms with E-state index >= 15 is 0 Å². The Morgan fingerprint density at radius 1 is 1.29 bits per heavy atom. The second-order valence-electron chi connectivity index (χ2n) is 6.15. The first-order chi connectivity index (χ1) is 11.6. The molecular weight excluding hydrogens is 302 g/mol. The Balaban J connectivity index is 1.64. The molecule has 1 saturated heterocycles. The SMILES string of the molecule is C[C@@H]1COCCN1C(=O)N[C@H](C)c1ccc(-c2cccnc2)cc1. The molecule has 1 aromatic carbocycles. The van der Waals surface area contributed by atoms with Crippen molar-refractivity contribution < 1.29 is 9.53 Å². The molecule has 0 radical (unpaired) electrons. The maximum Gasteiger partial charge on any atom is 0.318 e. The monoisotopic (exact) mass is 325 g/mol. The highest BCUT2D eigenvalue weighted by Crippen LogP contribution is 2.21. The van der Waals surface area contributed by atoms with Gasteiger partial charge < -0.3 is 15.0 Å². The first-order valence-electron chi connectivity index (χ1n) is 8.30. The van der Waals surface area contributed by atoms with E-state index in [9.17, 15) is 4.79 Å². The summed E-state index contributed by atoms with van der Waals surface area (Å²) in [6.07, 6.45) is 3.61. The maximum absolute atomic E-state index is 12.4. The third-order valence-corrected chi connectivity index (χ3v) is 4.37. The van der Waals surface area contributed by atoms with E-state index in [4.69, 9.17) is 4.74 Å². The molecule has 2 heterocycles. The van der Waals surface area contributed by atoms with Crippen molar-refractivity contribution in [3.8, 4) is 11.1 Å². The summed E-state index contributed by atoms with van der Waals surface area (Å²) in [5.74, 6) is 0. The van der Waals surface area contributed by atoms with Gasteiger partial charge in [0.25, 0.3) is 0 Å². The molecule has 126 valence electrons. The molecule has 2 aromatic rings. The van der Waals surface area contributed by atoms with Crippen LogP contribution < -0.4 is 5.32 Å². The molecular formula is C19H23N3O2. The standard InChI is InChI=1S/C19H23N3O2/c1-14-13-24-11-10-22(14)19(23)21-15(2)16-5-7-17(8-6-16)18-4-3-9-20-12-18/h3-9,12,14-15H,10-11,13H2,1-2H3,(H,21,23)/t14-,15-/m1/s1. The molecule has 1 N–H and O–H groups in total. The summed E-state index contributed by atoms with van der Waals surface area (Å²) in [6.45, 7) is 5.85. The van der Waals surface area contributed by atoms with Crippen LogP contribution in [0.25, 0.3) is 11.1 Å². The molecule has 1 aromatic heterocycles. The van der Waals surface area contributed by atoms with E-state index in [1.165, 1.54) is 0 Å². The van der Waals surface area contributed by atoms with Gasteiger partial charge >= 0.3 is 6.03 Å². The first-order valence-corrected chi connectivity index (χ1v) is 8.30. The fourth-order valence-electron chi connectivity index (χ4n) is 2.88. The van der Waals surface area contributed by atoms with E-state index in [0.29, 0.717) is 19.8 Å². The maximum atomic E-state index is 12.4. The van der Waals surface area contributed by atoms with Crippen LogP contribution in [0.5, 0.6) is 0 Å². The average molecular weight is 325 g/mol. The second kappa shape index (κ2) is 7.45. The van der Waals surface area contributed by atoms with Crippen molar-refractivity contribution in [1.82, 2.24) is 15.2 Å². The summed E-state index contributed by atoms with van der Waals surface area (Å²) in [5, 5.41) is 3.07. The number of aromatic nitrogens is 1. The molecule has 2 amide bonds. The Labute approximate surface area is 142 Å². The quantitative estimate of drug-likeness (QED) is 0.942. The van der Waals surface area contributed by atoms with E-state index in [2.05, 4.69) is 34.6 Å². The minimum atomic E-state index is -0.0458. The van der Waals surface area contributed by atoms with Crippen LogP contribution in [-0.2, 0) is 4.74 Å². The number of morpholine rings is 1. The summed E-state index contributed by atoms with van der Waals surface area (Å²) < 4.78 is 5.38. The molecule has 3 rings (SSSR count). The molecule has 1 fully saturated rings. The molecule has 24 heavy (non-hydrogen) atoms. The Morgan fingerprint density at radius 3 is 2.75 bits per heavy atom. The predicted octanol–water partition coefficient (Wildman–Crippen LogP) is 3.24. The lowest BCUT2D eigenvalue weighted by Crippen LogP contribution is -2.51. The van der Waals surface area contributed by atoms with Crippen LogP contribution in [-0.4, -0.2) is 41.7 Å². The molecule has 5 nitrogen and oxygen atoms in total. The number of nitrogens with zero attached hydrogens (tertiary/aromatic N) is 2. The Hall–Kier alpha value is -2.40. The van der Waals surface area contributed by atoms with Gasteiger partial charge in [-0.15, -0.1) is 0 Å². The van der Waals surface area contributed by atoms with E-state index in [0.717, 1.165) is 16.7 Å². The number of nitrogens with one attached hydrogen (secondary N) is 1. The zero-order chi connectivity index (χ0) is 16.9. The Bertz CT molecular complexity index is 673. The van der Waals surface area contributed by atoms with Crippen molar-refractivity contribution in [1.29, 1.82) is 0 Å². The molecule has 1 aliphatic heterocycles. The van der Waals surface area contributed by atoms with Crippen molar-refractivity contribution in [2.75, 3.05) is 19.8 Å². The van der Waals surface area contributed by atoms with Gasteiger partial charge in [0.15, 0.2) is 0 Å². The van der Waals surface area contributed by atoms with Gasteiger partial charge in [0.1, 0.15) is 0 Å². The van der Waals surface area contributed by atoms with Gasteiger partial charge in [0.05, 0.1) is 25.3 Å². The van der Waals surface area contributed by atoms with Crippen LogP contribution in [0.15, 0.2) is 48.8 Å². The number of hydrogen-bond donors (Lipinski definition) is 1. The van der Waals surface area contributed by atoms with Crippen molar-refractivity contribution in [3.05, 3.63) is 54.4 Å². The van der Waals surface area contributed by atoms with Gasteiger partial charge in [-0.1, -0.05) is 30.3 Å². The van der Waals surface area contributed by atoms with Crippen LogP contribution >= 0.6 is 0 Å². The number of urea groups is 1. The smallest absolute Gasteiger partial charge is 0.318 e. The van der Waals surface area contributed by atoms with Gasteiger partial charge in [-0.25, -0.2) is 4.79 Å².